The Bertz CT molecular complexity index is 652. The Kier molecular flexibility index (Phi) is 3.83. The summed E-state index contributed by atoms with van der Waals surface area (Å²) in [5, 5.41) is 22.2. The van der Waals surface area contributed by atoms with Gasteiger partial charge in [0.25, 0.3) is 0 Å². The van der Waals surface area contributed by atoms with Crippen LogP contribution in [-0.2, 0) is 9.59 Å². The van der Waals surface area contributed by atoms with Crippen molar-refractivity contribution in [2.75, 3.05) is 0 Å². The van der Waals surface area contributed by atoms with Crippen molar-refractivity contribution in [1.29, 1.82) is 0 Å². The van der Waals surface area contributed by atoms with Crippen molar-refractivity contribution in [3.63, 3.8) is 0 Å². The number of carbonyl (C=O) groups is 2. The van der Waals surface area contributed by atoms with Crippen molar-refractivity contribution in [2.24, 2.45) is 34.5 Å². The molecule has 0 aromatic carbocycles. The molecule has 0 saturated heterocycles. The Morgan fingerprint density at radius 2 is 1.92 bits per heavy atom. The van der Waals surface area contributed by atoms with E-state index in [1.54, 1.807) is 13.0 Å². The average Bonchev–Trinajstić information content (AvgIpc) is 2.85. The lowest BCUT2D eigenvalue weighted by atomic mass is 9.45. The number of rotatable bonds is 1. The maximum absolute atomic E-state index is 12.2. The van der Waals surface area contributed by atoms with Gasteiger partial charge in [0.15, 0.2) is 5.78 Å². The summed E-state index contributed by atoms with van der Waals surface area (Å²) in [6.45, 7) is 6.00. The molecule has 0 aliphatic heterocycles. The minimum absolute atomic E-state index is 0.00187. The zero-order chi connectivity index (χ0) is 18.1. The number of Topliss-reactive ketones (excluding diaryl/α,β-unsaturated/α-hetero) is 1. The first kappa shape index (κ1) is 17.4. The highest BCUT2D eigenvalue weighted by molar-refractivity contribution is 5.91. The summed E-state index contributed by atoms with van der Waals surface area (Å²) in [5.41, 5.74) is 0.615. The number of aliphatic hydroxyl groups is 2. The predicted octanol–water partition coefficient (Wildman–Crippen LogP) is 2.67. The van der Waals surface area contributed by atoms with Gasteiger partial charge in [-0.15, -0.1) is 0 Å². The molecule has 8 atom stereocenters. The van der Waals surface area contributed by atoms with E-state index in [4.69, 9.17) is 0 Å². The van der Waals surface area contributed by atoms with Crippen LogP contribution in [0.1, 0.15) is 59.3 Å². The number of hydrogen-bond acceptors (Lipinski definition) is 4. The van der Waals surface area contributed by atoms with Crippen LogP contribution in [0.15, 0.2) is 11.6 Å². The van der Waals surface area contributed by atoms with Gasteiger partial charge in [-0.2, -0.15) is 0 Å². The number of carbonyl (C=O) groups excluding carboxylic acids is 2. The SMILES string of the molecule is CC(=O)[C@H]1CC[C@H]2[C@@H]3C(O)CC4=CC(=O)CC[C@]4(C)[C@H]3C(O)C[C@]12C. The van der Waals surface area contributed by atoms with Gasteiger partial charge in [0, 0.05) is 12.3 Å². The van der Waals surface area contributed by atoms with E-state index in [9.17, 15) is 19.8 Å². The van der Waals surface area contributed by atoms with Crippen LogP contribution in [0.2, 0.25) is 0 Å². The molecule has 0 amide bonds. The molecule has 0 aromatic rings. The summed E-state index contributed by atoms with van der Waals surface area (Å²) in [5.74, 6) is 0.647. The molecule has 3 saturated carbocycles. The summed E-state index contributed by atoms with van der Waals surface area (Å²) in [6, 6.07) is 0. The maximum Gasteiger partial charge on any atom is 0.155 e. The fraction of sp³-hybridized carbons (Fsp3) is 0.810. The highest BCUT2D eigenvalue weighted by Gasteiger charge is 2.64. The first-order valence-electron chi connectivity index (χ1n) is 9.79. The molecule has 4 nitrogen and oxygen atoms in total. The molecule has 2 N–H and O–H groups in total. The molecule has 0 spiro atoms. The minimum Gasteiger partial charge on any atom is -0.393 e. The van der Waals surface area contributed by atoms with Gasteiger partial charge in [-0.05, 0) is 73.7 Å². The van der Waals surface area contributed by atoms with Crippen LogP contribution in [0.5, 0.6) is 0 Å². The van der Waals surface area contributed by atoms with Gasteiger partial charge in [-0.25, -0.2) is 0 Å². The summed E-state index contributed by atoms with van der Waals surface area (Å²) in [6.07, 6.45) is 4.97. The van der Waals surface area contributed by atoms with Gasteiger partial charge in [0.2, 0.25) is 0 Å². The molecule has 4 rings (SSSR count). The van der Waals surface area contributed by atoms with Crippen molar-refractivity contribution in [2.45, 2.75) is 71.5 Å². The first-order chi connectivity index (χ1) is 11.7. The fourth-order valence-corrected chi connectivity index (χ4v) is 7.31. The maximum atomic E-state index is 12.2. The van der Waals surface area contributed by atoms with E-state index in [0.717, 1.165) is 24.8 Å². The molecule has 4 aliphatic rings. The van der Waals surface area contributed by atoms with Crippen molar-refractivity contribution in [3.05, 3.63) is 11.6 Å². The van der Waals surface area contributed by atoms with Gasteiger partial charge >= 0.3 is 0 Å². The van der Waals surface area contributed by atoms with E-state index in [0.29, 0.717) is 19.3 Å². The third-order valence-corrected chi connectivity index (χ3v) is 8.41. The Balaban J connectivity index is 1.77. The molecule has 0 radical (unpaired) electrons. The van der Waals surface area contributed by atoms with Gasteiger partial charge in [0.1, 0.15) is 5.78 Å². The van der Waals surface area contributed by atoms with Crippen LogP contribution in [0, 0.1) is 34.5 Å². The summed E-state index contributed by atoms with van der Waals surface area (Å²) >= 11 is 0. The van der Waals surface area contributed by atoms with Crippen molar-refractivity contribution in [1.82, 2.24) is 0 Å². The van der Waals surface area contributed by atoms with Crippen LogP contribution < -0.4 is 0 Å². The Labute approximate surface area is 149 Å². The van der Waals surface area contributed by atoms with Gasteiger partial charge in [-0.3, -0.25) is 9.59 Å². The van der Waals surface area contributed by atoms with E-state index in [-0.39, 0.29) is 46.1 Å². The van der Waals surface area contributed by atoms with Crippen molar-refractivity contribution in [3.8, 4) is 0 Å². The third kappa shape index (κ3) is 2.26. The summed E-state index contributed by atoms with van der Waals surface area (Å²) in [4.78, 5) is 24.1. The average molecular weight is 346 g/mol. The van der Waals surface area contributed by atoms with E-state index >= 15 is 0 Å². The molecular formula is C21H30O4. The Morgan fingerprint density at radius 3 is 2.60 bits per heavy atom. The molecular weight excluding hydrogens is 316 g/mol. The Hall–Kier alpha value is -1.00. The highest BCUT2D eigenvalue weighted by atomic mass is 16.3. The quantitative estimate of drug-likeness (QED) is 0.765. The van der Waals surface area contributed by atoms with Crippen LogP contribution in [0.4, 0.5) is 0 Å². The van der Waals surface area contributed by atoms with Gasteiger partial charge in [0.05, 0.1) is 12.2 Å². The molecule has 0 bridgehead atoms. The zero-order valence-electron chi connectivity index (χ0n) is 15.5. The lowest BCUT2D eigenvalue weighted by molar-refractivity contribution is -0.167. The van der Waals surface area contributed by atoms with E-state index in [2.05, 4.69) is 13.8 Å². The second-order valence-electron chi connectivity index (χ2n) is 9.55. The smallest absolute Gasteiger partial charge is 0.155 e. The number of aliphatic hydroxyl groups excluding tert-OH is 2. The second kappa shape index (κ2) is 5.50. The highest BCUT2D eigenvalue weighted by Crippen LogP contribution is 2.66. The third-order valence-electron chi connectivity index (χ3n) is 8.41. The standard InChI is InChI=1S/C21H30O4/c1-11(22)14-4-5-15-18-16(24)9-12-8-13(23)6-7-20(12,2)19(18)17(25)10-21(14,15)3/h8,14-19,24-25H,4-7,9-10H2,1-3H3/t14-,15+,16?,17?,18-,19+,20+,21-/m1/s1. The van der Waals surface area contributed by atoms with E-state index < -0.39 is 12.2 Å². The van der Waals surface area contributed by atoms with Gasteiger partial charge in [-0.1, -0.05) is 19.4 Å². The first-order valence-corrected chi connectivity index (χ1v) is 9.79. The minimum atomic E-state index is -0.528. The molecule has 138 valence electrons. The lowest BCUT2D eigenvalue weighted by Gasteiger charge is -2.61. The van der Waals surface area contributed by atoms with Crippen LogP contribution in [0.3, 0.4) is 0 Å². The van der Waals surface area contributed by atoms with E-state index in [1.807, 2.05) is 0 Å². The molecule has 4 heteroatoms. The normalized spacial score (nSPS) is 52.0. The number of fused-ring (bicyclic) bond motifs is 5. The molecule has 4 aliphatic carbocycles. The summed E-state index contributed by atoms with van der Waals surface area (Å²) < 4.78 is 0. The van der Waals surface area contributed by atoms with Crippen molar-refractivity contribution < 1.29 is 19.8 Å². The van der Waals surface area contributed by atoms with Gasteiger partial charge < -0.3 is 10.2 Å². The Morgan fingerprint density at radius 1 is 1.20 bits per heavy atom. The van der Waals surface area contributed by atoms with Crippen LogP contribution in [-0.4, -0.2) is 34.0 Å². The monoisotopic (exact) mass is 346 g/mol. The largest absolute Gasteiger partial charge is 0.393 e. The molecule has 2 unspecified atom stereocenters. The van der Waals surface area contributed by atoms with Crippen LogP contribution >= 0.6 is 0 Å². The molecule has 0 aromatic heterocycles. The van der Waals surface area contributed by atoms with Crippen LogP contribution in [0.25, 0.3) is 0 Å². The summed E-state index contributed by atoms with van der Waals surface area (Å²) in [7, 11) is 0. The predicted molar refractivity (Wildman–Crippen MR) is 93.7 cm³/mol. The zero-order valence-corrected chi connectivity index (χ0v) is 15.5. The van der Waals surface area contributed by atoms with E-state index in [1.165, 1.54) is 0 Å². The topological polar surface area (TPSA) is 74.6 Å². The molecule has 25 heavy (non-hydrogen) atoms. The lowest BCUT2D eigenvalue weighted by Crippen LogP contribution is -2.60. The number of ketones is 2. The fourth-order valence-electron chi connectivity index (χ4n) is 7.31. The van der Waals surface area contributed by atoms with Crippen molar-refractivity contribution >= 4 is 11.6 Å². The second-order valence-corrected chi connectivity index (χ2v) is 9.55. The molecule has 0 heterocycles. The molecule has 3 fully saturated rings. The number of hydrogen-bond donors (Lipinski definition) is 2.